The molecule has 0 radical (unpaired) electrons. The summed E-state index contributed by atoms with van der Waals surface area (Å²) in [5.74, 6) is 0.525. The van der Waals surface area contributed by atoms with Crippen molar-refractivity contribution >= 4 is 17.8 Å². The molecule has 3 amide bonds. The number of amides is 3. The van der Waals surface area contributed by atoms with Crippen LogP contribution < -0.4 is 4.90 Å². The van der Waals surface area contributed by atoms with Crippen LogP contribution >= 0.6 is 0 Å². The summed E-state index contributed by atoms with van der Waals surface area (Å²) in [5, 5.41) is 0. The summed E-state index contributed by atoms with van der Waals surface area (Å²) in [4.78, 5) is 34.3. The number of carbonyl (C=O) groups excluding carboxylic acids is 2. The van der Waals surface area contributed by atoms with Gasteiger partial charge in [0.15, 0.2) is 0 Å². The van der Waals surface area contributed by atoms with Crippen LogP contribution in [0.25, 0.3) is 0 Å². The number of nitrogens with zero attached hydrogens (tertiary/aromatic N) is 4. The summed E-state index contributed by atoms with van der Waals surface area (Å²) in [6.45, 7) is 7.86. The van der Waals surface area contributed by atoms with Crippen LogP contribution in [0.1, 0.15) is 27.7 Å². The average Bonchev–Trinajstić information content (AvgIpc) is 2.70. The van der Waals surface area contributed by atoms with Gasteiger partial charge in [-0.1, -0.05) is 26.8 Å². The lowest BCUT2D eigenvalue weighted by molar-refractivity contribution is -0.129. The lowest BCUT2D eigenvalue weighted by atomic mass is 9.91. The Kier molecular flexibility index (Phi) is 4.13. The van der Waals surface area contributed by atoms with Gasteiger partial charge >= 0.3 is 6.03 Å². The molecule has 2 atom stereocenters. The van der Waals surface area contributed by atoms with Crippen LogP contribution in [0, 0.1) is 5.41 Å². The van der Waals surface area contributed by atoms with E-state index < -0.39 is 6.04 Å². The van der Waals surface area contributed by atoms with Crippen molar-refractivity contribution in [2.45, 2.75) is 39.9 Å². The molecule has 120 valence electrons. The Labute approximate surface area is 131 Å². The predicted molar refractivity (Wildman–Crippen MR) is 85.4 cm³/mol. The molecule has 2 unspecified atom stereocenters. The fourth-order valence-corrected chi connectivity index (χ4v) is 3.02. The maximum atomic E-state index is 12.9. The van der Waals surface area contributed by atoms with Gasteiger partial charge in [-0.25, -0.2) is 9.78 Å². The van der Waals surface area contributed by atoms with Crippen LogP contribution in [-0.4, -0.2) is 53.0 Å². The number of anilines is 1. The zero-order chi connectivity index (χ0) is 16.7. The van der Waals surface area contributed by atoms with Gasteiger partial charge < -0.3 is 4.90 Å². The first-order chi connectivity index (χ1) is 10.2. The van der Waals surface area contributed by atoms with Crippen molar-refractivity contribution in [1.29, 1.82) is 0 Å². The third kappa shape index (κ3) is 2.65. The first-order valence-electron chi connectivity index (χ1n) is 7.40. The van der Waals surface area contributed by atoms with Crippen molar-refractivity contribution < 1.29 is 9.59 Å². The molecule has 1 aliphatic rings. The Balaban J connectivity index is 2.36. The van der Waals surface area contributed by atoms with Gasteiger partial charge in [0, 0.05) is 25.7 Å². The molecule has 6 nitrogen and oxygen atoms in total. The van der Waals surface area contributed by atoms with Crippen LogP contribution in [0.4, 0.5) is 10.6 Å². The van der Waals surface area contributed by atoms with Crippen molar-refractivity contribution in [3.05, 3.63) is 24.4 Å². The van der Waals surface area contributed by atoms with Gasteiger partial charge in [0.2, 0.25) is 5.91 Å². The van der Waals surface area contributed by atoms with Gasteiger partial charge in [0.05, 0.1) is 0 Å². The Morgan fingerprint density at radius 1 is 1.32 bits per heavy atom. The van der Waals surface area contributed by atoms with E-state index in [0.29, 0.717) is 5.82 Å². The molecule has 0 N–H and O–H groups in total. The molecule has 6 heteroatoms. The maximum Gasteiger partial charge on any atom is 0.327 e. The van der Waals surface area contributed by atoms with E-state index in [0.717, 1.165) is 0 Å². The molecule has 1 aromatic rings. The minimum Gasteiger partial charge on any atom is -0.323 e. The van der Waals surface area contributed by atoms with Gasteiger partial charge in [-0.3, -0.25) is 14.6 Å². The molecule has 0 saturated carbocycles. The Hall–Kier alpha value is -2.11. The molecule has 1 aromatic heterocycles. The molecule has 22 heavy (non-hydrogen) atoms. The molecule has 1 saturated heterocycles. The van der Waals surface area contributed by atoms with Gasteiger partial charge in [-0.05, 0) is 19.1 Å². The lowest BCUT2D eigenvalue weighted by Crippen LogP contribution is -2.54. The van der Waals surface area contributed by atoms with E-state index in [-0.39, 0.29) is 23.5 Å². The summed E-state index contributed by atoms with van der Waals surface area (Å²) in [6, 6.07) is 4.71. The van der Waals surface area contributed by atoms with E-state index in [9.17, 15) is 9.59 Å². The van der Waals surface area contributed by atoms with Crippen molar-refractivity contribution in [2.24, 2.45) is 5.41 Å². The van der Waals surface area contributed by atoms with Crippen molar-refractivity contribution in [2.75, 3.05) is 19.0 Å². The number of hydrogen-bond donors (Lipinski definition) is 0. The number of likely N-dealkylation sites (N-methyl/N-ethyl adjacent to an activating group) is 1. The number of urea groups is 1. The zero-order valence-corrected chi connectivity index (χ0v) is 14.1. The summed E-state index contributed by atoms with van der Waals surface area (Å²) in [5.41, 5.74) is -0.240. The fourth-order valence-electron chi connectivity index (χ4n) is 3.02. The predicted octanol–water partition coefficient (Wildman–Crippen LogP) is 2.17. The molecule has 2 rings (SSSR count). The highest BCUT2D eigenvalue weighted by molar-refractivity contribution is 5.97. The quantitative estimate of drug-likeness (QED) is 0.799. The SMILES string of the molecule is CC1C(=O)N(C)C(C(C)(C)C)N1C(=O)N(C)c1ccccn1. The van der Waals surface area contributed by atoms with Crippen LogP contribution in [0.5, 0.6) is 0 Å². The Morgan fingerprint density at radius 2 is 1.95 bits per heavy atom. The highest BCUT2D eigenvalue weighted by Gasteiger charge is 2.50. The normalized spacial score (nSPS) is 22.2. The number of carbonyl (C=O) groups is 2. The number of hydrogen-bond acceptors (Lipinski definition) is 3. The number of rotatable bonds is 1. The first-order valence-corrected chi connectivity index (χ1v) is 7.40. The van der Waals surface area contributed by atoms with E-state index in [4.69, 9.17) is 0 Å². The van der Waals surface area contributed by atoms with Gasteiger partial charge in [-0.2, -0.15) is 0 Å². The van der Waals surface area contributed by atoms with Gasteiger partial charge in [-0.15, -0.1) is 0 Å². The molecule has 0 aromatic carbocycles. The largest absolute Gasteiger partial charge is 0.327 e. The number of aromatic nitrogens is 1. The van der Waals surface area contributed by atoms with Gasteiger partial charge in [0.1, 0.15) is 18.0 Å². The minimum atomic E-state index is -0.479. The van der Waals surface area contributed by atoms with E-state index >= 15 is 0 Å². The molecule has 1 aliphatic heterocycles. The topological polar surface area (TPSA) is 56.8 Å². The van der Waals surface area contributed by atoms with Crippen LogP contribution in [0.15, 0.2) is 24.4 Å². The molecule has 0 bridgehead atoms. The molecule has 1 fully saturated rings. The summed E-state index contributed by atoms with van der Waals surface area (Å²) in [7, 11) is 3.43. The highest BCUT2D eigenvalue weighted by Crippen LogP contribution is 2.34. The fraction of sp³-hybridized carbons (Fsp3) is 0.562. The average molecular weight is 304 g/mol. The summed E-state index contributed by atoms with van der Waals surface area (Å²) in [6.07, 6.45) is 1.36. The van der Waals surface area contributed by atoms with Crippen molar-refractivity contribution in [3.8, 4) is 0 Å². The Bertz CT molecular complexity index is 567. The second kappa shape index (κ2) is 5.59. The van der Waals surface area contributed by atoms with E-state index in [1.165, 1.54) is 4.90 Å². The molecule has 2 heterocycles. The third-order valence-electron chi connectivity index (χ3n) is 4.03. The van der Waals surface area contributed by atoms with Gasteiger partial charge in [0.25, 0.3) is 0 Å². The zero-order valence-electron chi connectivity index (χ0n) is 14.1. The third-order valence-corrected chi connectivity index (χ3v) is 4.03. The van der Waals surface area contributed by atoms with Crippen molar-refractivity contribution in [1.82, 2.24) is 14.8 Å². The second-order valence-electron chi connectivity index (χ2n) is 6.80. The molecular formula is C16H24N4O2. The summed E-state index contributed by atoms with van der Waals surface area (Å²) >= 11 is 0. The first kappa shape index (κ1) is 16.3. The lowest BCUT2D eigenvalue weighted by Gasteiger charge is -2.39. The Morgan fingerprint density at radius 3 is 2.45 bits per heavy atom. The van der Waals surface area contributed by atoms with E-state index in [2.05, 4.69) is 4.98 Å². The molecule has 0 spiro atoms. The highest BCUT2D eigenvalue weighted by atomic mass is 16.2. The van der Waals surface area contributed by atoms with E-state index in [1.807, 2.05) is 26.8 Å². The smallest absolute Gasteiger partial charge is 0.323 e. The van der Waals surface area contributed by atoms with Crippen LogP contribution in [0.2, 0.25) is 0 Å². The molecule has 0 aliphatic carbocycles. The molecular weight excluding hydrogens is 280 g/mol. The second-order valence-corrected chi connectivity index (χ2v) is 6.80. The standard InChI is InChI=1S/C16H24N4O2/c1-11-13(21)19(6)14(16(2,3)4)20(11)15(22)18(5)12-9-7-8-10-17-12/h7-11,14H,1-6H3. The number of pyridine rings is 1. The maximum absolute atomic E-state index is 12.9. The summed E-state index contributed by atoms with van der Waals surface area (Å²) < 4.78 is 0. The van der Waals surface area contributed by atoms with E-state index in [1.54, 1.807) is 49.1 Å². The van der Waals surface area contributed by atoms with Crippen LogP contribution in [-0.2, 0) is 4.79 Å². The van der Waals surface area contributed by atoms with Crippen LogP contribution in [0.3, 0.4) is 0 Å². The van der Waals surface area contributed by atoms with Crippen molar-refractivity contribution in [3.63, 3.8) is 0 Å². The monoisotopic (exact) mass is 304 g/mol. The minimum absolute atomic E-state index is 0.0392.